The molecule has 156 valence electrons. The monoisotopic (exact) mass is 431 g/mol. The molecule has 0 aliphatic heterocycles. The van der Waals surface area contributed by atoms with Crippen LogP contribution in [0.4, 0.5) is 13.2 Å². The van der Waals surface area contributed by atoms with Gasteiger partial charge in [-0.2, -0.15) is 13.2 Å². The highest BCUT2D eigenvalue weighted by atomic mass is 35.5. The molecule has 1 aromatic rings. The van der Waals surface area contributed by atoms with Crippen LogP contribution in [0.25, 0.3) is 0 Å². The summed E-state index contributed by atoms with van der Waals surface area (Å²) in [4.78, 5) is 11.6. The highest BCUT2D eigenvalue weighted by molar-refractivity contribution is 7.89. The maximum Gasteiger partial charge on any atom is 0.405 e. The third-order valence-corrected chi connectivity index (χ3v) is 5.22. The summed E-state index contributed by atoms with van der Waals surface area (Å²) in [6.45, 7) is 4.22. The van der Waals surface area contributed by atoms with Gasteiger partial charge in [-0.05, 0) is 43.5 Å². The van der Waals surface area contributed by atoms with Gasteiger partial charge in [0.05, 0.1) is 4.90 Å². The minimum Gasteiger partial charge on any atom is -0.343 e. The molecule has 4 N–H and O–H groups in total. The normalized spacial score (nSPS) is 14.4. The summed E-state index contributed by atoms with van der Waals surface area (Å²) in [5.74, 6) is -0.725. The smallest absolute Gasteiger partial charge is 0.343 e. The molecule has 6 nitrogen and oxygen atoms in total. The van der Waals surface area contributed by atoms with Gasteiger partial charge in [0.2, 0.25) is 10.0 Å². The zero-order valence-electron chi connectivity index (χ0n) is 15.3. The first-order chi connectivity index (χ1) is 11.8. The van der Waals surface area contributed by atoms with Gasteiger partial charge in [-0.3, -0.25) is 4.79 Å². The van der Waals surface area contributed by atoms with Crippen LogP contribution in [0.3, 0.4) is 0 Å². The standard InChI is InChI=1S/C16H24F3N3O3S.ClH/c1-11(2)8-15(3,9-20)22-26(24,25)13-6-4-12(5-7-13)14(23)21-10-16(17,18)19;/h4-7,11,22H,8-10,20H2,1-3H3,(H,21,23);1H. The van der Waals surface area contributed by atoms with E-state index in [0.717, 1.165) is 24.3 Å². The van der Waals surface area contributed by atoms with Crippen LogP contribution in [-0.2, 0) is 10.0 Å². The first-order valence-electron chi connectivity index (χ1n) is 7.97. The SMILES string of the molecule is CC(C)CC(C)(CN)NS(=O)(=O)c1ccc(C(=O)NCC(F)(F)F)cc1.Cl. The predicted octanol–water partition coefficient (Wildman–Crippen LogP) is 2.44. The fourth-order valence-electron chi connectivity index (χ4n) is 2.52. The van der Waals surface area contributed by atoms with Crippen molar-refractivity contribution >= 4 is 28.3 Å². The molecule has 1 unspecified atom stereocenters. The lowest BCUT2D eigenvalue weighted by molar-refractivity contribution is -0.123. The first kappa shape index (κ1) is 25.6. The first-order valence-corrected chi connectivity index (χ1v) is 9.45. The second kappa shape index (κ2) is 9.72. The number of sulfonamides is 1. The highest BCUT2D eigenvalue weighted by Gasteiger charge is 2.31. The Morgan fingerprint density at radius 1 is 1.19 bits per heavy atom. The number of carbonyl (C=O) groups is 1. The molecular weight excluding hydrogens is 407 g/mol. The maximum atomic E-state index is 12.5. The van der Waals surface area contributed by atoms with Gasteiger partial charge < -0.3 is 11.1 Å². The topological polar surface area (TPSA) is 101 Å². The quantitative estimate of drug-likeness (QED) is 0.588. The highest BCUT2D eigenvalue weighted by Crippen LogP contribution is 2.20. The Bertz CT molecular complexity index is 725. The van der Waals surface area contributed by atoms with E-state index in [1.165, 1.54) is 0 Å². The molecule has 0 fully saturated rings. The molecule has 0 aliphatic rings. The van der Waals surface area contributed by atoms with E-state index >= 15 is 0 Å². The van der Waals surface area contributed by atoms with Crippen LogP contribution in [0.2, 0.25) is 0 Å². The van der Waals surface area contributed by atoms with Gasteiger partial charge in [0.1, 0.15) is 6.54 Å². The van der Waals surface area contributed by atoms with Gasteiger partial charge in [0, 0.05) is 17.6 Å². The van der Waals surface area contributed by atoms with Gasteiger partial charge in [-0.15, -0.1) is 12.4 Å². The second-order valence-electron chi connectivity index (χ2n) is 6.79. The Morgan fingerprint density at radius 3 is 2.11 bits per heavy atom. The average molecular weight is 432 g/mol. The van der Waals surface area contributed by atoms with Crippen LogP contribution in [-0.4, -0.2) is 39.1 Å². The third-order valence-electron chi connectivity index (χ3n) is 3.57. The number of benzene rings is 1. The van der Waals surface area contributed by atoms with Crippen molar-refractivity contribution in [3.8, 4) is 0 Å². The zero-order valence-corrected chi connectivity index (χ0v) is 16.9. The van der Waals surface area contributed by atoms with Crippen LogP contribution < -0.4 is 15.8 Å². The van der Waals surface area contributed by atoms with Crippen molar-refractivity contribution in [3.05, 3.63) is 29.8 Å². The molecule has 0 spiro atoms. The third kappa shape index (κ3) is 8.46. The molecule has 0 radical (unpaired) electrons. The van der Waals surface area contributed by atoms with E-state index in [4.69, 9.17) is 5.73 Å². The Hall–Kier alpha value is -1.36. The summed E-state index contributed by atoms with van der Waals surface area (Å²) >= 11 is 0. The van der Waals surface area contributed by atoms with Crippen LogP contribution in [0, 0.1) is 5.92 Å². The zero-order chi connectivity index (χ0) is 20.2. The van der Waals surface area contributed by atoms with E-state index < -0.39 is 34.2 Å². The van der Waals surface area contributed by atoms with E-state index in [0.29, 0.717) is 6.42 Å². The van der Waals surface area contributed by atoms with E-state index in [1.807, 2.05) is 13.8 Å². The van der Waals surface area contributed by atoms with E-state index in [2.05, 4.69) is 4.72 Å². The van der Waals surface area contributed by atoms with Crippen molar-refractivity contribution < 1.29 is 26.4 Å². The van der Waals surface area contributed by atoms with E-state index in [-0.39, 0.29) is 35.3 Å². The van der Waals surface area contributed by atoms with Crippen molar-refractivity contribution in [3.63, 3.8) is 0 Å². The fraction of sp³-hybridized carbons (Fsp3) is 0.562. The molecule has 0 saturated heterocycles. The summed E-state index contributed by atoms with van der Waals surface area (Å²) in [5.41, 5.74) is 4.79. The van der Waals surface area contributed by atoms with Gasteiger partial charge in [0.15, 0.2) is 0 Å². The predicted molar refractivity (Wildman–Crippen MR) is 99.3 cm³/mol. The Balaban J connectivity index is 0.00000676. The molecule has 0 saturated carbocycles. The van der Waals surface area contributed by atoms with Gasteiger partial charge in [-0.25, -0.2) is 13.1 Å². The fourth-order valence-corrected chi connectivity index (χ4v) is 3.95. The van der Waals surface area contributed by atoms with E-state index in [1.54, 1.807) is 12.2 Å². The van der Waals surface area contributed by atoms with Crippen molar-refractivity contribution in [1.29, 1.82) is 0 Å². The number of alkyl halides is 3. The lowest BCUT2D eigenvalue weighted by atomic mass is 9.92. The number of hydrogen-bond acceptors (Lipinski definition) is 4. The molecule has 27 heavy (non-hydrogen) atoms. The largest absolute Gasteiger partial charge is 0.405 e. The Labute approximate surface area is 163 Å². The molecule has 1 aromatic carbocycles. The average Bonchev–Trinajstić information content (AvgIpc) is 2.50. The summed E-state index contributed by atoms with van der Waals surface area (Å²) in [5, 5.41) is 1.72. The minimum atomic E-state index is -4.52. The number of amides is 1. The maximum absolute atomic E-state index is 12.5. The van der Waals surface area contributed by atoms with Gasteiger partial charge >= 0.3 is 6.18 Å². The molecule has 1 atom stereocenters. The number of halogens is 4. The van der Waals surface area contributed by atoms with Gasteiger partial charge in [0.25, 0.3) is 5.91 Å². The number of hydrogen-bond donors (Lipinski definition) is 3. The molecule has 0 aliphatic carbocycles. The molecule has 1 rings (SSSR count). The lowest BCUT2D eigenvalue weighted by Gasteiger charge is -2.30. The van der Waals surface area contributed by atoms with Gasteiger partial charge in [-0.1, -0.05) is 13.8 Å². The van der Waals surface area contributed by atoms with Crippen molar-refractivity contribution in [1.82, 2.24) is 10.0 Å². The number of nitrogens with one attached hydrogen (secondary N) is 2. The Kier molecular flexibility index (Phi) is 9.23. The number of rotatable bonds is 8. The van der Waals surface area contributed by atoms with Crippen LogP contribution in [0.5, 0.6) is 0 Å². The van der Waals surface area contributed by atoms with Crippen LogP contribution in [0.1, 0.15) is 37.6 Å². The van der Waals surface area contributed by atoms with Crippen molar-refractivity contribution in [2.24, 2.45) is 11.7 Å². The lowest BCUT2D eigenvalue weighted by Crippen LogP contribution is -2.51. The summed E-state index contributed by atoms with van der Waals surface area (Å²) in [7, 11) is -3.90. The Morgan fingerprint density at radius 2 is 1.70 bits per heavy atom. The summed E-state index contributed by atoms with van der Waals surface area (Å²) in [6.07, 6.45) is -3.99. The van der Waals surface area contributed by atoms with Crippen LogP contribution >= 0.6 is 12.4 Å². The molecule has 0 aromatic heterocycles. The molecule has 1 amide bonds. The molecular formula is C16H25ClF3N3O3S. The van der Waals surface area contributed by atoms with Crippen molar-refractivity contribution in [2.45, 2.75) is 43.8 Å². The van der Waals surface area contributed by atoms with E-state index in [9.17, 15) is 26.4 Å². The number of carbonyl (C=O) groups excluding carboxylic acids is 1. The second-order valence-corrected chi connectivity index (χ2v) is 8.47. The van der Waals surface area contributed by atoms with Crippen molar-refractivity contribution in [2.75, 3.05) is 13.1 Å². The number of nitrogens with two attached hydrogens (primary N) is 1. The minimum absolute atomic E-state index is 0. The summed E-state index contributed by atoms with van der Waals surface area (Å²) in [6, 6.07) is 4.64. The molecule has 0 heterocycles. The molecule has 11 heteroatoms. The summed E-state index contributed by atoms with van der Waals surface area (Å²) < 4.78 is 63.9. The molecule has 0 bridgehead atoms. The van der Waals surface area contributed by atoms with Crippen LogP contribution in [0.15, 0.2) is 29.2 Å².